The molecule has 2 heterocycles. The number of fused-ring (bicyclic) bond motifs is 1. The van der Waals surface area contributed by atoms with Gasteiger partial charge in [0.1, 0.15) is 11.5 Å². The molecule has 1 aliphatic rings. The zero-order valence-electron chi connectivity index (χ0n) is 15.1. The topological polar surface area (TPSA) is 90.0 Å². The molecule has 2 amide bonds. The van der Waals surface area contributed by atoms with Crippen LogP contribution in [0.5, 0.6) is 0 Å². The third kappa shape index (κ3) is 3.95. The van der Waals surface area contributed by atoms with E-state index in [9.17, 15) is 22.8 Å². The molecule has 0 radical (unpaired) electrons. The molecule has 0 saturated carbocycles. The van der Waals surface area contributed by atoms with Gasteiger partial charge in [-0.3, -0.25) is 14.3 Å². The van der Waals surface area contributed by atoms with Crippen LogP contribution in [0.15, 0.2) is 4.47 Å². The highest BCUT2D eigenvalue weighted by atomic mass is 79.9. The summed E-state index contributed by atoms with van der Waals surface area (Å²) in [5, 5.41) is 6.46. The van der Waals surface area contributed by atoms with Crippen molar-refractivity contribution in [2.45, 2.75) is 45.8 Å². The van der Waals surface area contributed by atoms with Gasteiger partial charge < -0.3 is 11.1 Å². The number of primary amides is 1. The first-order valence-corrected chi connectivity index (χ1v) is 10.1. The maximum absolute atomic E-state index is 13.0. The summed E-state index contributed by atoms with van der Waals surface area (Å²) in [5.41, 5.74) is 5.76. The van der Waals surface area contributed by atoms with Crippen LogP contribution in [0.3, 0.4) is 0 Å². The number of amides is 2. The number of rotatable bonds is 4. The summed E-state index contributed by atoms with van der Waals surface area (Å²) in [6.07, 6.45) is -2.19. The average molecular weight is 479 g/mol. The van der Waals surface area contributed by atoms with Crippen LogP contribution in [0, 0.1) is 12.8 Å². The number of carbonyl (C=O) groups excluding carboxylic acids is 2. The van der Waals surface area contributed by atoms with Gasteiger partial charge in [0.05, 0.1) is 15.7 Å². The lowest BCUT2D eigenvalue weighted by atomic mass is 9.88. The van der Waals surface area contributed by atoms with E-state index in [0.717, 1.165) is 28.0 Å². The Balaban J connectivity index is 1.84. The number of hydrogen-bond donors (Lipinski definition) is 2. The van der Waals surface area contributed by atoms with Crippen LogP contribution in [-0.2, 0) is 30.4 Å². The number of thiophene rings is 1. The summed E-state index contributed by atoms with van der Waals surface area (Å²) in [5.74, 6) is -0.735. The van der Waals surface area contributed by atoms with Crippen LogP contribution in [0.2, 0.25) is 0 Å². The fourth-order valence-corrected chi connectivity index (χ4v) is 5.20. The number of anilines is 1. The standard InChI is InChI=1S/C17H18BrF3N4O2S/c1-7-3-4-9-10(5-7)28-16(12(9)15(22)27)23-11(26)6-25-8(2)13(18)14(24-25)17(19,20)21/h7H,3-6H2,1-2H3,(H2,22,27)(H,23,26). The molecule has 1 unspecified atom stereocenters. The van der Waals surface area contributed by atoms with Crippen molar-refractivity contribution >= 4 is 44.1 Å². The van der Waals surface area contributed by atoms with Crippen molar-refractivity contribution in [3.63, 3.8) is 0 Å². The van der Waals surface area contributed by atoms with E-state index < -0.39 is 30.2 Å². The lowest BCUT2D eigenvalue weighted by Crippen LogP contribution is -2.23. The molecule has 0 spiro atoms. The number of carbonyl (C=O) groups is 2. The van der Waals surface area contributed by atoms with Crippen LogP contribution in [-0.4, -0.2) is 21.6 Å². The molecule has 152 valence electrons. The lowest BCUT2D eigenvalue weighted by Gasteiger charge is -2.18. The maximum atomic E-state index is 13.0. The first kappa shape index (κ1) is 20.8. The van der Waals surface area contributed by atoms with E-state index in [2.05, 4.69) is 33.3 Å². The van der Waals surface area contributed by atoms with Crippen LogP contribution in [0.1, 0.15) is 45.5 Å². The van der Waals surface area contributed by atoms with E-state index in [1.807, 2.05) is 0 Å². The molecule has 0 bridgehead atoms. The smallest absolute Gasteiger partial charge is 0.365 e. The summed E-state index contributed by atoms with van der Waals surface area (Å²) < 4.78 is 39.7. The number of nitrogens with zero attached hydrogens (tertiary/aromatic N) is 2. The minimum atomic E-state index is -4.63. The van der Waals surface area contributed by atoms with Gasteiger partial charge >= 0.3 is 6.18 Å². The van der Waals surface area contributed by atoms with Crippen molar-refractivity contribution in [3.05, 3.63) is 31.9 Å². The first-order chi connectivity index (χ1) is 13.0. The number of nitrogens with one attached hydrogen (secondary N) is 1. The summed E-state index contributed by atoms with van der Waals surface area (Å²) in [4.78, 5) is 25.4. The van der Waals surface area contributed by atoms with Crippen molar-refractivity contribution < 1.29 is 22.8 Å². The third-order valence-electron chi connectivity index (χ3n) is 4.71. The fourth-order valence-electron chi connectivity index (χ4n) is 3.26. The van der Waals surface area contributed by atoms with Crippen molar-refractivity contribution in [3.8, 4) is 0 Å². The Hall–Kier alpha value is -1.88. The van der Waals surface area contributed by atoms with Crippen molar-refractivity contribution in [1.82, 2.24) is 9.78 Å². The third-order valence-corrected chi connectivity index (χ3v) is 6.83. The molecule has 28 heavy (non-hydrogen) atoms. The molecule has 2 aromatic heterocycles. The van der Waals surface area contributed by atoms with E-state index in [1.165, 1.54) is 18.3 Å². The minimum absolute atomic E-state index is 0.178. The minimum Gasteiger partial charge on any atom is -0.365 e. The molecule has 0 fully saturated rings. The van der Waals surface area contributed by atoms with Gasteiger partial charge in [-0.25, -0.2) is 0 Å². The number of halogens is 4. The van der Waals surface area contributed by atoms with Gasteiger partial charge in [0.25, 0.3) is 5.91 Å². The Kier molecular flexibility index (Phi) is 5.59. The SMILES string of the molecule is Cc1c(Br)c(C(F)(F)F)nn1CC(=O)Nc1sc2c(c1C(N)=O)CCC(C)C2. The Labute approximate surface area is 171 Å². The number of hydrogen-bond acceptors (Lipinski definition) is 4. The van der Waals surface area contributed by atoms with E-state index in [4.69, 9.17) is 5.73 Å². The van der Waals surface area contributed by atoms with Crippen molar-refractivity contribution in [2.75, 3.05) is 5.32 Å². The van der Waals surface area contributed by atoms with Gasteiger partial charge in [-0.1, -0.05) is 6.92 Å². The van der Waals surface area contributed by atoms with Gasteiger partial charge in [-0.2, -0.15) is 18.3 Å². The number of nitrogens with two attached hydrogens (primary N) is 1. The van der Waals surface area contributed by atoms with Gasteiger partial charge in [0.2, 0.25) is 5.91 Å². The largest absolute Gasteiger partial charge is 0.436 e. The molecule has 3 rings (SSSR count). The Morgan fingerprint density at radius 2 is 2.11 bits per heavy atom. The van der Waals surface area contributed by atoms with Gasteiger partial charge in [0, 0.05) is 4.88 Å². The van der Waals surface area contributed by atoms with Crippen molar-refractivity contribution in [2.24, 2.45) is 11.7 Å². The van der Waals surface area contributed by atoms with E-state index in [0.29, 0.717) is 22.9 Å². The lowest BCUT2D eigenvalue weighted by molar-refractivity contribution is -0.142. The highest BCUT2D eigenvalue weighted by Gasteiger charge is 2.38. The van der Waals surface area contributed by atoms with Crippen LogP contribution >= 0.6 is 27.3 Å². The Bertz CT molecular complexity index is 951. The highest BCUT2D eigenvalue weighted by molar-refractivity contribution is 9.10. The van der Waals surface area contributed by atoms with Gasteiger partial charge in [-0.15, -0.1) is 11.3 Å². The normalized spacial score (nSPS) is 16.7. The first-order valence-electron chi connectivity index (χ1n) is 8.53. The molecule has 0 aliphatic heterocycles. The monoisotopic (exact) mass is 478 g/mol. The zero-order chi connectivity index (χ0) is 20.8. The average Bonchev–Trinajstić information content (AvgIpc) is 3.05. The van der Waals surface area contributed by atoms with Crippen LogP contribution < -0.4 is 11.1 Å². The summed E-state index contributed by atoms with van der Waals surface area (Å²) in [6, 6.07) is 0. The molecule has 1 atom stereocenters. The zero-order valence-corrected chi connectivity index (χ0v) is 17.5. The van der Waals surface area contributed by atoms with E-state index in [1.54, 1.807) is 0 Å². The molecular weight excluding hydrogens is 461 g/mol. The number of alkyl halides is 3. The maximum Gasteiger partial charge on any atom is 0.436 e. The Morgan fingerprint density at radius 1 is 1.43 bits per heavy atom. The molecule has 2 aromatic rings. The highest BCUT2D eigenvalue weighted by Crippen LogP contribution is 2.39. The second-order valence-corrected chi connectivity index (χ2v) is 8.77. The molecule has 3 N–H and O–H groups in total. The molecule has 0 aromatic carbocycles. The summed E-state index contributed by atoms with van der Waals surface area (Å²) in [7, 11) is 0. The number of aromatic nitrogens is 2. The second-order valence-electron chi connectivity index (χ2n) is 6.87. The van der Waals surface area contributed by atoms with E-state index in [-0.39, 0.29) is 10.2 Å². The molecule has 11 heteroatoms. The fraction of sp³-hybridized carbons (Fsp3) is 0.471. The van der Waals surface area contributed by atoms with Crippen molar-refractivity contribution in [1.29, 1.82) is 0 Å². The second kappa shape index (κ2) is 7.51. The molecule has 1 aliphatic carbocycles. The van der Waals surface area contributed by atoms with Gasteiger partial charge in [-0.05, 0) is 53.6 Å². The van der Waals surface area contributed by atoms with E-state index >= 15 is 0 Å². The quantitative estimate of drug-likeness (QED) is 0.697. The van der Waals surface area contributed by atoms with Gasteiger partial charge in [0.15, 0.2) is 5.69 Å². The Morgan fingerprint density at radius 3 is 2.68 bits per heavy atom. The summed E-state index contributed by atoms with van der Waals surface area (Å²) >= 11 is 4.17. The predicted octanol–water partition coefficient (Wildman–Crippen LogP) is 3.90. The molecule has 0 saturated heterocycles. The predicted molar refractivity (Wildman–Crippen MR) is 102 cm³/mol. The molecule has 6 nitrogen and oxygen atoms in total. The summed E-state index contributed by atoms with van der Waals surface area (Å²) in [6.45, 7) is 3.12. The van der Waals surface area contributed by atoms with Crippen LogP contribution in [0.25, 0.3) is 0 Å². The van der Waals surface area contributed by atoms with Crippen LogP contribution in [0.4, 0.5) is 18.2 Å². The molecular formula is C17H18BrF3N4O2S.